The minimum absolute atomic E-state index is 0.129. The Hall–Kier alpha value is -6.32. The summed E-state index contributed by atoms with van der Waals surface area (Å²) in [6.07, 6.45) is 19.9. The summed E-state index contributed by atoms with van der Waals surface area (Å²) < 4.78 is 6.94. The Morgan fingerprint density at radius 1 is 0.731 bits per heavy atom. The fourth-order valence-electron chi connectivity index (χ4n) is 7.92. The maximum Gasteiger partial charge on any atom is 0.159 e. The van der Waals surface area contributed by atoms with Crippen molar-refractivity contribution < 1.29 is 4.42 Å². The van der Waals surface area contributed by atoms with Gasteiger partial charge in [0.25, 0.3) is 0 Å². The summed E-state index contributed by atoms with van der Waals surface area (Å²) in [5, 5.41) is 8.42. The van der Waals surface area contributed by atoms with Crippen LogP contribution in [0.25, 0.3) is 38.3 Å². The molecule has 9 rings (SSSR count). The molecule has 0 bridgehead atoms. The highest BCUT2D eigenvalue weighted by Gasteiger charge is 2.25. The number of para-hydroxylation sites is 3. The molecule has 252 valence electrons. The first-order valence-corrected chi connectivity index (χ1v) is 18.3. The molecule has 7 aromatic rings. The lowest BCUT2D eigenvalue weighted by Gasteiger charge is -2.32. The first-order valence-electron chi connectivity index (χ1n) is 18.3. The van der Waals surface area contributed by atoms with Crippen molar-refractivity contribution in [3.05, 3.63) is 204 Å². The van der Waals surface area contributed by atoms with Crippen molar-refractivity contribution in [1.29, 1.82) is 0 Å². The molecule has 0 radical (unpaired) electrons. The third kappa shape index (κ3) is 5.95. The van der Waals surface area contributed by atoms with E-state index in [1.165, 1.54) is 27.6 Å². The van der Waals surface area contributed by atoms with Crippen LogP contribution in [0.4, 0.5) is 17.1 Å². The lowest BCUT2D eigenvalue weighted by molar-refractivity contribution is 0.664. The first kappa shape index (κ1) is 31.6. The lowest BCUT2D eigenvalue weighted by atomic mass is 9.89. The number of nitrogens with one attached hydrogen (secondary N) is 1. The van der Waals surface area contributed by atoms with Crippen LogP contribution in [0.2, 0.25) is 0 Å². The van der Waals surface area contributed by atoms with Gasteiger partial charge in [-0.3, -0.25) is 0 Å². The smallest absolute Gasteiger partial charge is 0.159 e. The Morgan fingerprint density at radius 2 is 1.50 bits per heavy atom. The normalized spacial score (nSPS) is 18.9. The third-order valence-corrected chi connectivity index (χ3v) is 10.3. The first-order chi connectivity index (χ1) is 25.7. The van der Waals surface area contributed by atoms with Crippen LogP contribution in [-0.2, 0) is 6.42 Å². The van der Waals surface area contributed by atoms with E-state index in [0.717, 1.165) is 62.9 Å². The number of furan rings is 1. The number of allylic oxidation sites excluding steroid dienone is 6. The van der Waals surface area contributed by atoms with E-state index in [0.29, 0.717) is 0 Å². The Morgan fingerprint density at radius 3 is 2.40 bits per heavy atom. The minimum atomic E-state index is 0.129. The van der Waals surface area contributed by atoms with Gasteiger partial charge in [-0.2, -0.15) is 0 Å². The number of rotatable bonds is 6. The van der Waals surface area contributed by atoms with Gasteiger partial charge in [0, 0.05) is 28.2 Å². The van der Waals surface area contributed by atoms with E-state index >= 15 is 0 Å². The molecule has 1 aromatic heterocycles. The molecule has 1 aliphatic carbocycles. The van der Waals surface area contributed by atoms with Crippen LogP contribution in [0.3, 0.4) is 0 Å². The largest absolute Gasteiger partial charge is 0.454 e. The number of nitrogens with zero attached hydrogens (tertiary/aromatic N) is 1. The van der Waals surface area contributed by atoms with Crippen LogP contribution in [0.5, 0.6) is 0 Å². The van der Waals surface area contributed by atoms with E-state index in [-0.39, 0.29) is 12.1 Å². The fourth-order valence-corrected chi connectivity index (χ4v) is 7.92. The van der Waals surface area contributed by atoms with Crippen LogP contribution >= 0.6 is 0 Å². The summed E-state index contributed by atoms with van der Waals surface area (Å²) in [6, 6.07) is 48.0. The van der Waals surface area contributed by atoms with Crippen LogP contribution in [0, 0.1) is 0 Å². The molecule has 1 N–H and O–H groups in total. The molecule has 0 spiro atoms. The number of anilines is 3. The van der Waals surface area contributed by atoms with Gasteiger partial charge >= 0.3 is 0 Å². The molecule has 2 heterocycles. The Kier molecular flexibility index (Phi) is 8.38. The van der Waals surface area contributed by atoms with Gasteiger partial charge < -0.3 is 14.6 Å². The van der Waals surface area contributed by atoms with E-state index in [4.69, 9.17) is 4.42 Å². The summed E-state index contributed by atoms with van der Waals surface area (Å²) >= 11 is 0. The molecule has 0 saturated carbocycles. The number of hydrogen-bond donors (Lipinski definition) is 1. The monoisotopic (exact) mass is 672 g/mol. The Balaban J connectivity index is 1.27. The molecule has 2 aliphatic rings. The molecule has 0 amide bonds. The van der Waals surface area contributed by atoms with Gasteiger partial charge in [0.2, 0.25) is 0 Å². The average Bonchev–Trinajstić information content (AvgIpc) is 3.61. The molecule has 3 heteroatoms. The van der Waals surface area contributed by atoms with Gasteiger partial charge in [0.05, 0.1) is 11.7 Å². The van der Waals surface area contributed by atoms with Crippen molar-refractivity contribution in [3.63, 3.8) is 0 Å². The van der Waals surface area contributed by atoms with Crippen LogP contribution in [0.1, 0.15) is 30.0 Å². The standard InChI is InChI=1S/C49H40N2O/c1-34-32-35(16-12-20-37-18-9-11-29-45(37)50-34)33-44(41-26-13-19-36-17-8-10-25-40(36)41)42-27-15-31-47-48(42)43-28-14-30-46(49(43)52-47)51(38-21-4-2-5-22-38)39-23-6-3-7-24-39/h2-19,21-23,25-34,39,50H,20,24H2,1H3/b16-12-,35-32+,44-33-. The van der Waals surface area contributed by atoms with Crippen molar-refractivity contribution in [2.75, 3.05) is 10.2 Å². The third-order valence-electron chi connectivity index (χ3n) is 10.3. The topological polar surface area (TPSA) is 28.4 Å². The van der Waals surface area contributed by atoms with Gasteiger partial charge in [0.15, 0.2) is 5.58 Å². The van der Waals surface area contributed by atoms with E-state index < -0.39 is 0 Å². The van der Waals surface area contributed by atoms with Crippen LogP contribution < -0.4 is 10.2 Å². The van der Waals surface area contributed by atoms with E-state index in [1.807, 2.05) is 0 Å². The molecule has 0 saturated heterocycles. The molecule has 2 unspecified atom stereocenters. The maximum atomic E-state index is 6.94. The summed E-state index contributed by atoms with van der Waals surface area (Å²) in [5.41, 5.74) is 11.1. The van der Waals surface area contributed by atoms with Gasteiger partial charge in [-0.1, -0.05) is 146 Å². The highest BCUT2D eigenvalue weighted by molar-refractivity contribution is 6.16. The average molecular weight is 673 g/mol. The van der Waals surface area contributed by atoms with Gasteiger partial charge in [0.1, 0.15) is 5.58 Å². The van der Waals surface area contributed by atoms with E-state index in [1.54, 1.807) is 0 Å². The Labute approximate surface area is 305 Å². The van der Waals surface area contributed by atoms with Gasteiger partial charge in [-0.05, 0) is 94.8 Å². The summed E-state index contributed by atoms with van der Waals surface area (Å²) in [5.74, 6) is 0. The maximum absolute atomic E-state index is 6.94. The molecule has 2 atom stereocenters. The molecule has 3 nitrogen and oxygen atoms in total. The summed E-state index contributed by atoms with van der Waals surface area (Å²) in [4.78, 5) is 2.42. The number of hydrogen-bond acceptors (Lipinski definition) is 3. The van der Waals surface area contributed by atoms with Crippen molar-refractivity contribution in [2.24, 2.45) is 0 Å². The predicted molar refractivity (Wildman–Crippen MR) is 220 cm³/mol. The zero-order valence-electron chi connectivity index (χ0n) is 29.2. The van der Waals surface area contributed by atoms with Gasteiger partial charge in [-0.15, -0.1) is 0 Å². The zero-order chi connectivity index (χ0) is 34.9. The second-order valence-electron chi connectivity index (χ2n) is 13.7. The molecule has 6 aromatic carbocycles. The Bertz CT molecular complexity index is 2580. The van der Waals surface area contributed by atoms with Crippen molar-refractivity contribution in [3.8, 4) is 0 Å². The molecule has 0 fully saturated rings. The molecule has 1 aliphatic heterocycles. The second-order valence-corrected chi connectivity index (χ2v) is 13.7. The van der Waals surface area contributed by atoms with Gasteiger partial charge in [-0.25, -0.2) is 0 Å². The van der Waals surface area contributed by atoms with E-state index in [9.17, 15) is 0 Å². The second kappa shape index (κ2) is 13.8. The van der Waals surface area contributed by atoms with Crippen molar-refractivity contribution in [2.45, 2.75) is 31.8 Å². The summed E-state index contributed by atoms with van der Waals surface area (Å²) in [7, 11) is 0. The van der Waals surface area contributed by atoms with Crippen LogP contribution in [-0.4, -0.2) is 12.1 Å². The predicted octanol–water partition coefficient (Wildman–Crippen LogP) is 12.7. The van der Waals surface area contributed by atoms with Crippen LogP contribution in [0.15, 0.2) is 192 Å². The SMILES string of the molecule is CC1/C=C(/C=C(/c2cccc3ccccc23)c2cccc3oc4c(N(c5ccccc5)C5C=CC=CC5)cccc4c23)\C=C/Cc2ccccc2N1. The van der Waals surface area contributed by atoms with Crippen molar-refractivity contribution >= 4 is 55.3 Å². The number of benzene rings is 6. The summed E-state index contributed by atoms with van der Waals surface area (Å²) in [6.45, 7) is 2.23. The highest BCUT2D eigenvalue weighted by atomic mass is 16.3. The quantitative estimate of drug-likeness (QED) is 0.191. The molecule has 52 heavy (non-hydrogen) atoms. The highest BCUT2D eigenvalue weighted by Crippen LogP contribution is 2.44. The fraction of sp³-hybridized carbons (Fsp3) is 0.102. The zero-order valence-corrected chi connectivity index (χ0v) is 29.2. The minimum Gasteiger partial charge on any atom is -0.454 e. The molecular formula is C49H40N2O. The molecular weight excluding hydrogens is 633 g/mol. The number of fused-ring (bicyclic) bond motifs is 5. The van der Waals surface area contributed by atoms with E-state index in [2.05, 4.69) is 199 Å². The van der Waals surface area contributed by atoms with Crippen molar-refractivity contribution in [1.82, 2.24) is 0 Å². The lowest BCUT2D eigenvalue weighted by Crippen LogP contribution is -2.29.